The third kappa shape index (κ3) is 4.68. The Labute approximate surface area is 125 Å². The monoisotopic (exact) mass is 316 g/mol. The van der Waals surface area contributed by atoms with Gasteiger partial charge in [-0.15, -0.1) is 0 Å². The highest BCUT2D eigenvalue weighted by molar-refractivity contribution is 7.99. The van der Waals surface area contributed by atoms with Crippen molar-refractivity contribution in [3.05, 3.63) is 23.3 Å². The summed E-state index contributed by atoms with van der Waals surface area (Å²) in [5, 5.41) is 9.89. The molecule has 0 fully saturated rings. The van der Waals surface area contributed by atoms with Crippen molar-refractivity contribution in [2.24, 2.45) is 7.05 Å². The van der Waals surface area contributed by atoms with Gasteiger partial charge in [-0.2, -0.15) is 18.4 Å². The fourth-order valence-electron chi connectivity index (χ4n) is 1.81. The van der Waals surface area contributed by atoms with Gasteiger partial charge in [-0.1, -0.05) is 18.7 Å². The van der Waals surface area contributed by atoms with Gasteiger partial charge in [0.15, 0.2) is 11.2 Å². The normalized spacial score (nSPS) is 14.2. The van der Waals surface area contributed by atoms with Crippen molar-refractivity contribution in [2.75, 3.05) is 5.75 Å². The number of imidazole rings is 1. The summed E-state index contributed by atoms with van der Waals surface area (Å²) in [5.41, 5.74) is -1.11. The molecule has 0 aliphatic heterocycles. The zero-order chi connectivity index (χ0) is 16.1. The maximum Gasteiger partial charge on any atom is 0.389 e. The molecule has 0 spiro atoms. The average molecular weight is 316 g/mol. The minimum absolute atomic E-state index is 0.0587. The maximum absolute atomic E-state index is 12.3. The molecule has 0 saturated heterocycles. The van der Waals surface area contributed by atoms with Gasteiger partial charge >= 0.3 is 11.7 Å². The molecule has 0 N–H and O–H groups in total. The van der Waals surface area contributed by atoms with Gasteiger partial charge in [-0.3, -0.25) is 4.85 Å². The van der Waals surface area contributed by atoms with Crippen LogP contribution < -0.4 is 0 Å². The van der Waals surface area contributed by atoms with Crippen LogP contribution in [0.15, 0.2) is 11.4 Å². The molecule has 1 unspecified atom stereocenters. The average Bonchev–Trinajstić information content (AvgIpc) is 2.76. The van der Waals surface area contributed by atoms with E-state index >= 15 is 0 Å². The number of thioether (sulfide) groups is 1. The molecule has 21 heavy (non-hydrogen) atoms. The zero-order valence-electron chi connectivity index (χ0n) is 11.7. The SMILES string of the molecule is [C-]#[N+]C(C#N)(CCC(F)(F)F)Cc1cnc(SCC)n1C. The molecule has 0 aromatic carbocycles. The maximum atomic E-state index is 12.3. The van der Waals surface area contributed by atoms with E-state index in [0.717, 1.165) is 10.9 Å². The van der Waals surface area contributed by atoms with E-state index in [0.29, 0.717) is 5.69 Å². The minimum atomic E-state index is -4.37. The van der Waals surface area contributed by atoms with E-state index in [9.17, 15) is 13.2 Å². The number of hydrogen-bond donors (Lipinski definition) is 0. The van der Waals surface area contributed by atoms with Crippen molar-refractivity contribution in [3.8, 4) is 6.07 Å². The molecule has 1 atom stereocenters. The van der Waals surface area contributed by atoms with E-state index < -0.39 is 24.6 Å². The van der Waals surface area contributed by atoms with Crippen molar-refractivity contribution in [2.45, 2.75) is 43.1 Å². The lowest BCUT2D eigenvalue weighted by atomic mass is 9.90. The molecule has 1 aromatic rings. The Hall–Kier alpha value is -1.67. The summed E-state index contributed by atoms with van der Waals surface area (Å²) >= 11 is 1.49. The van der Waals surface area contributed by atoms with Gasteiger partial charge in [0.1, 0.15) is 0 Å². The van der Waals surface area contributed by atoms with E-state index in [1.807, 2.05) is 6.92 Å². The Balaban J connectivity index is 2.94. The summed E-state index contributed by atoms with van der Waals surface area (Å²) < 4.78 is 38.8. The number of nitrogens with zero attached hydrogens (tertiary/aromatic N) is 4. The predicted molar refractivity (Wildman–Crippen MR) is 73.5 cm³/mol. The van der Waals surface area contributed by atoms with Crippen molar-refractivity contribution in [1.29, 1.82) is 5.26 Å². The Kier molecular flexibility index (Phi) is 5.68. The number of aromatic nitrogens is 2. The number of alkyl halides is 3. The van der Waals surface area contributed by atoms with E-state index in [2.05, 4.69) is 9.83 Å². The lowest BCUT2D eigenvalue weighted by molar-refractivity contribution is -0.136. The lowest BCUT2D eigenvalue weighted by Crippen LogP contribution is -2.29. The Morgan fingerprint density at radius 1 is 1.48 bits per heavy atom. The molecule has 0 aliphatic rings. The number of nitriles is 1. The molecule has 0 bridgehead atoms. The minimum Gasteiger partial charge on any atom is -0.326 e. The van der Waals surface area contributed by atoms with Crippen LogP contribution in [0.3, 0.4) is 0 Å². The van der Waals surface area contributed by atoms with E-state index in [1.54, 1.807) is 17.7 Å². The Bertz CT molecular complexity index is 551. The van der Waals surface area contributed by atoms with Crippen molar-refractivity contribution < 1.29 is 13.2 Å². The lowest BCUT2D eigenvalue weighted by Gasteiger charge is -2.16. The molecule has 1 aromatic heterocycles. The van der Waals surface area contributed by atoms with Crippen LogP contribution >= 0.6 is 11.8 Å². The third-order valence-electron chi connectivity index (χ3n) is 3.03. The molecular weight excluding hydrogens is 301 g/mol. The second kappa shape index (κ2) is 6.86. The summed E-state index contributed by atoms with van der Waals surface area (Å²) in [7, 11) is 1.73. The topological polar surface area (TPSA) is 46.0 Å². The van der Waals surface area contributed by atoms with Crippen LogP contribution in [0.25, 0.3) is 4.85 Å². The third-order valence-corrected chi connectivity index (χ3v) is 3.96. The summed E-state index contributed by atoms with van der Waals surface area (Å²) in [6.07, 6.45) is -4.59. The molecule has 0 aliphatic carbocycles. The van der Waals surface area contributed by atoms with Gasteiger partial charge in [-0.05, 0) is 5.75 Å². The zero-order valence-corrected chi connectivity index (χ0v) is 12.6. The first-order valence-electron chi connectivity index (χ1n) is 6.27. The molecule has 1 heterocycles. The van der Waals surface area contributed by atoms with Crippen molar-refractivity contribution in [1.82, 2.24) is 9.55 Å². The Morgan fingerprint density at radius 3 is 2.62 bits per heavy atom. The second-order valence-corrected chi connectivity index (χ2v) is 5.80. The van der Waals surface area contributed by atoms with E-state index in [4.69, 9.17) is 11.8 Å². The van der Waals surface area contributed by atoms with Crippen LogP contribution in [0.5, 0.6) is 0 Å². The number of rotatable bonds is 6. The fourth-order valence-corrected chi connectivity index (χ4v) is 2.50. The van der Waals surface area contributed by atoms with Crippen LogP contribution in [0.2, 0.25) is 0 Å². The molecule has 8 heteroatoms. The summed E-state index contributed by atoms with van der Waals surface area (Å²) in [4.78, 5) is 7.33. The van der Waals surface area contributed by atoms with Gasteiger partial charge in [-0.25, -0.2) is 11.6 Å². The number of halogens is 3. The quantitative estimate of drug-likeness (QED) is 0.595. The highest BCUT2D eigenvalue weighted by Crippen LogP contribution is 2.31. The van der Waals surface area contributed by atoms with Crippen LogP contribution in [-0.2, 0) is 13.5 Å². The molecular formula is C13H15F3N4S. The van der Waals surface area contributed by atoms with Crippen LogP contribution in [0.1, 0.15) is 25.5 Å². The van der Waals surface area contributed by atoms with Gasteiger partial charge in [0.25, 0.3) is 0 Å². The smallest absolute Gasteiger partial charge is 0.326 e. The van der Waals surface area contributed by atoms with Gasteiger partial charge in [0.2, 0.25) is 0 Å². The predicted octanol–water partition coefficient (Wildman–Crippen LogP) is 3.60. The van der Waals surface area contributed by atoms with E-state index in [-0.39, 0.29) is 6.42 Å². The van der Waals surface area contributed by atoms with Gasteiger partial charge < -0.3 is 4.57 Å². The molecule has 114 valence electrons. The summed E-state index contributed by atoms with van der Waals surface area (Å²) in [5.74, 6) is 0.810. The highest BCUT2D eigenvalue weighted by Gasteiger charge is 2.42. The Morgan fingerprint density at radius 2 is 2.14 bits per heavy atom. The van der Waals surface area contributed by atoms with E-state index in [1.165, 1.54) is 18.0 Å². The molecule has 0 amide bonds. The van der Waals surface area contributed by atoms with Crippen LogP contribution in [0.4, 0.5) is 13.2 Å². The van der Waals surface area contributed by atoms with Gasteiger partial charge in [0.05, 0.1) is 12.8 Å². The molecule has 0 saturated carbocycles. The second-order valence-electron chi connectivity index (χ2n) is 4.57. The fraction of sp³-hybridized carbons (Fsp3) is 0.615. The number of hydrogen-bond acceptors (Lipinski definition) is 3. The highest BCUT2D eigenvalue weighted by atomic mass is 32.2. The summed E-state index contributed by atoms with van der Waals surface area (Å²) in [6, 6.07) is 1.75. The van der Waals surface area contributed by atoms with Crippen molar-refractivity contribution >= 4 is 11.8 Å². The van der Waals surface area contributed by atoms with Crippen LogP contribution in [0, 0.1) is 17.9 Å². The van der Waals surface area contributed by atoms with Gasteiger partial charge in [0, 0.05) is 25.4 Å². The first-order valence-corrected chi connectivity index (χ1v) is 7.25. The molecule has 4 nitrogen and oxygen atoms in total. The first kappa shape index (κ1) is 17.4. The molecule has 0 radical (unpaired) electrons. The standard InChI is InChI=1S/C13H15F3N4S/c1-4-21-11-19-8-10(20(11)3)7-12(9-17,18-2)5-6-13(14,15)16/h8H,4-7H2,1,3H3. The summed E-state index contributed by atoms with van der Waals surface area (Å²) in [6.45, 7) is 9.08. The molecule has 1 rings (SSSR count). The first-order chi connectivity index (χ1) is 9.77. The van der Waals surface area contributed by atoms with Crippen LogP contribution in [-0.4, -0.2) is 27.0 Å². The largest absolute Gasteiger partial charge is 0.389 e. The van der Waals surface area contributed by atoms with Crippen molar-refractivity contribution in [3.63, 3.8) is 0 Å².